The summed E-state index contributed by atoms with van der Waals surface area (Å²) in [6.07, 6.45) is 32.4. The maximum absolute atomic E-state index is 2.44. The predicted molar refractivity (Wildman–Crippen MR) is 115 cm³/mol. The highest BCUT2D eigenvalue weighted by molar-refractivity contribution is 4.81. The first-order chi connectivity index (χ1) is 12.4. The van der Waals surface area contributed by atoms with Gasteiger partial charge >= 0.3 is 0 Å². The molecule has 0 heterocycles. The zero-order valence-corrected chi connectivity index (χ0v) is 17.7. The molecule has 1 aliphatic rings. The minimum Gasteiger partial charge on any atom is -0.0885 e. The van der Waals surface area contributed by atoms with Gasteiger partial charge in [0, 0.05) is 0 Å². The number of hydrogen-bond acceptors (Lipinski definition) is 0. The van der Waals surface area contributed by atoms with Gasteiger partial charge in [-0.3, -0.25) is 0 Å². The van der Waals surface area contributed by atoms with Crippen LogP contribution >= 0.6 is 0 Å². The third-order valence-electron chi connectivity index (χ3n) is 6.33. The first kappa shape index (κ1) is 22.8. The summed E-state index contributed by atoms with van der Waals surface area (Å²) in [5, 5.41) is 0. The highest BCUT2D eigenvalue weighted by Gasteiger charge is 2.25. The van der Waals surface area contributed by atoms with Crippen LogP contribution in [0.5, 0.6) is 0 Å². The molecule has 0 amide bonds. The van der Waals surface area contributed by atoms with Crippen LogP contribution in [0.2, 0.25) is 0 Å². The van der Waals surface area contributed by atoms with E-state index in [1.807, 2.05) is 0 Å². The van der Waals surface area contributed by atoms with Crippen molar-refractivity contribution >= 4 is 0 Å². The Morgan fingerprint density at radius 2 is 1.00 bits per heavy atom. The first-order valence-electron chi connectivity index (χ1n) is 12.0. The van der Waals surface area contributed by atoms with E-state index in [4.69, 9.17) is 0 Å². The smallest absolute Gasteiger partial charge is 0.0351 e. The average molecular weight is 349 g/mol. The van der Waals surface area contributed by atoms with E-state index in [1.165, 1.54) is 116 Å². The van der Waals surface area contributed by atoms with Gasteiger partial charge in [0.25, 0.3) is 0 Å². The molecule has 1 aliphatic carbocycles. The van der Waals surface area contributed by atoms with Crippen molar-refractivity contribution in [3.05, 3.63) is 12.2 Å². The van der Waals surface area contributed by atoms with Crippen molar-refractivity contribution in [3.63, 3.8) is 0 Å². The van der Waals surface area contributed by atoms with E-state index in [-0.39, 0.29) is 0 Å². The quantitative estimate of drug-likeness (QED) is 0.181. The minimum atomic E-state index is 1.08. The monoisotopic (exact) mass is 348 g/mol. The molecule has 148 valence electrons. The molecule has 0 unspecified atom stereocenters. The standard InChI is InChI=1S/C25H48/c1-3-5-7-9-11-12-13-14-16-18-21-25-23-19-22-24(25)20-17-15-10-8-6-4-2/h11-12,24-25H,3-10,13-23H2,1-2H3/t24-,25-/m0/s1. The normalized spacial score (nSPS) is 20.7. The molecule has 2 atom stereocenters. The molecule has 25 heavy (non-hydrogen) atoms. The second kappa shape index (κ2) is 17.2. The molecule has 1 fully saturated rings. The summed E-state index contributed by atoms with van der Waals surface area (Å²) in [5.41, 5.74) is 0. The molecule has 1 saturated carbocycles. The topological polar surface area (TPSA) is 0 Å². The van der Waals surface area contributed by atoms with Gasteiger partial charge in [-0.25, -0.2) is 0 Å². The number of rotatable bonds is 17. The summed E-state index contributed by atoms with van der Waals surface area (Å²) in [5.74, 6) is 2.17. The molecular weight excluding hydrogens is 300 g/mol. The second-order valence-electron chi connectivity index (χ2n) is 8.61. The summed E-state index contributed by atoms with van der Waals surface area (Å²) in [6.45, 7) is 4.60. The number of allylic oxidation sites excluding steroid dienone is 2. The van der Waals surface area contributed by atoms with Gasteiger partial charge in [-0.1, -0.05) is 122 Å². The fraction of sp³-hybridized carbons (Fsp3) is 0.920. The lowest BCUT2D eigenvalue weighted by atomic mass is 9.87. The van der Waals surface area contributed by atoms with Gasteiger partial charge < -0.3 is 0 Å². The molecule has 0 radical (unpaired) electrons. The highest BCUT2D eigenvalue weighted by atomic mass is 14.3. The lowest BCUT2D eigenvalue weighted by Crippen LogP contribution is -2.08. The molecule has 0 bridgehead atoms. The lowest BCUT2D eigenvalue weighted by molar-refractivity contribution is 0.323. The Bertz CT molecular complexity index is 290. The van der Waals surface area contributed by atoms with E-state index in [1.54, 1.807) is 6.42 Å². The van der Waals surface area contributed by atoms with Crippen LogP contribution in [-0.4, -0.2) is 0 Å². The molecule has 0 aliphatic heterocycles. The van der Waals surface area contributed by atoms with Crippen LogP contribution in [0, 0.1) is 11.8 Å². The first-order valence-corrected chi connectivity index (χ1v) is 12.0. The third-order valence-corrected chi connectivity index (χ3v) is 6.33. The van der Waals surface area contributed by atoms with Crippen molar-refractivity contribution < 1.29 is 0 Å². The van der Waals surface area contributed by atoms with Crippen molar-refractivity contribution in [1.82, 2.24) is 0 Å². The Kier molecular flexibility index (Phi) is 15.6. The Balaban J connectivity index is 1.94. The van der Waals surface area contributed by atoms with Gasteiger partial charge in [-0.05, 0) is 37.5 Å². The van der Waals surface area contributed by atoms with Gasteiger partial charge in [0.1, 0.15) is 0 Å². The zero-order chi connectivity index (χ0) is 18.0. The molecule has 1 rings (SSSR count). The van der Waals surface area contributed by atoms with Gasteiger partial charge in [0.15, 0.2) is 0 Å². The van der Waals surface area contributed by atoms with Crippen molar-refractivity contribution in [3.8, 4) is 0 Å². The van der Waals surface area contributed by atoms with Gasteiger partial charge in [-0.2, -0.15) is 0 Å². The van der Waals surface area contributed by atoms with Crippen molar-refractivity contribution in [2.45, 2.75) is 136 Å². The van der Waals surface area contributed by atoms with E-state index < -0.39 is 0 Å². The van der Waals surface area contributed by atoms with Crippen LogP contribution < -0.4 is 0 Å². The maximum Gasteiger partial charge on any atom is -0.0351 e. The minimum absolute atomic E-state index is 1.08. The summed E-state index contributed by atoms with van der Waals surface area (Å²) in [4.78, 5) is 0. The van der Waals surface area contributed by atoms with Crippen LogP contribution in [0.4, 0.5) is 0 Å². The third kappa shape index (κ3) is 12.7. The summed E-state index contributed by atoms with van der Waals surface area (Å²) in [7, 11) is 0. The van der Waals surface area contributed by atoms with Crippen molar-refractivity contribution in [2.24, 2.45) is 11.8 Å². The van der Waals surface area contributed by atoms with Crippen LogP contribution in [0.3, 0.4) is 0 Å². The Hall–Kier alpha value is -0.260. The second-order valence-corrected chi connectivity index (χ2v) is 8.61. The highest BCUT2D eigenvalue weighted by Crippen LogP contribution is 2.38. The fourth-order valence-corrected chi connectivity index (χ4v) is 4.65. The maximum atomic E-state index is 2.44. The number of unbranched alkanes of at least 4 members (excludes halogenated alkanes) is 11. The largest absolute Gasteiger partial charge is 0.0885 e. The Morgan fingerprint density at radius 3 is 1.60 bits per heavy atom. The lowest BCUT2D eigenvalue weighted by Gasteiger charge is -2.19. The molecule has 0 aromatic heterocycles. The van der Waals surface area contributed by atoms with Gasteiger partial charge in [-0.15, -0.1) is 0 Å². The summed E-state index contributed by atoms with van der Waals surface area (Å²) < 4.78 is 0. The fourth-order valence-electron chi connectivity index (χ4n) is 4.65. The van der Waals surface area contributed by atoms with E-state index in [0.717, 1.165) is 11.8 Å². The molecular formula is C25H48. The van der Waals surface area contributed by atoms with Crippen molar-refractivity contribution in [2.75, 3.05) is 0 Å². The Labute approximate surface area is 160 Å². The molecule has 0 heteroatoms. The molecule has 0 aromatic carbocycles. The molecule has 0 N–H and O–H groups in total. The zero-order valence-electron chi connectivity index (χ0n) is 17.7. The van der Waals surface area contributed by atoms with Gasteiger partial charge in [0.2, 0.25) is 0 Å². The van der Waals surface area contributed by atoms with E-state index in [9.17, 15) is 0 Å². The molecule has 0 saturated heterocycles. The van der Waals surface area contributed by atoms with Crippen LogP contribution in [0.1, 0.15) is 136 Å². The van der Waals surface area contributed by atoms with Gasteiger partial charge in [0.05, 0.1) is 0 Å². The van der Waals surface area contributed by atoms with Crippen LogP contribution in [-0.2, 0) is 0 Å². The van der Waals surface area contributed by atoms with E-state index in [0.29, 0.717) is 0 Å². The summed E-state index contributed by atoms with van der Waals surface area (Å²) >= 11 is 0. The van der Waals surface area contributed by atoms with E-state index in [2.05, 4.69) is 26.0 Å². The Morgan fingerprint density at radius 1 is 0.560 bits per heavy atom. The summed E-state index contributed by atoms with van der Waals surface area (Å²) in [6, 6.07) is 0. The molecule has 0 spiro atoms. The molecule has 0 aromatic rings. The van der Waals surface area contributed by atoms with E-state index >= 15 is 0 Å². The predicted octanol–water partition coefficient (Wildman–Crippen LogP) is 9.24. The number of hydrogen-bond donors (Lipinski definition) is 0. The average Bonchev–Trinajstić information content (AvgIpc) is 3.07. The van der Waals surface area contributed by atoms with Crippen LogP contribution in [0.25, 0.3) is 0 Å². The SMILES string of the molecule is CCCCCC=CCCCCC[C@H]1CCC[C@@H]1CCCCCCCC. The van der Waals surface area contributed by atoms with Crippen LogP contribution in [0.15, 0.2) is 12.2 Å². The van der Waals surface area contributed by atoms with Crippen molar-refractivity contribution in [1.29, 1.82) is 0 Å². The molecule has 0 nitrogen and oxygen atoms in total.